The molecule has 25 heavy (non-hydrogen) atoms. The zero-order valence-electron chi connectivity index (χ0n) is 14.6. The van der Waals surface area contributed by atoms with Gasteiger partial charge in [-0.15, -0.1) is 10.2 Å². The highest BCUT2D eigenvalue weighted by molar-refractivity contribution is 7.98. The second-order valence-electron chi connectivity index (χ2n) is 6.06. The van der Waals surface area contributed by atoms with Gasteiger partial charge in [0.15, 0.2) is 5.16 Å². The smallest absolute Gasteiger partial charge is 0.240 e. The Balaban J connectivity index is 1.93. The number of hydrogen-bond donors (Lipinski definition) is 1. The van der Waals surface area contributed by atoms with Crippen molar-refractivity contribution in [1.29, 1.82) is 0 Å². The van der Waals surface area contributed by atoms with Crippen LogP contribution in [0.25, 0.3) is 0 Å². The Labute approximate surface area is 158 Å². The molecule has 0 spiro atoms. The number of rotatable bonds is 9. The molecule has 0 radical (unpaired) electrons. The van der Waals surface area contributed by atoms with Gasteiger partial charge in [-0.25, -0.2) is 13.1 Å². The first kappa shape index (κ1) is 20.2. The molecule has 2 aromatic rings. The van der Waals surface area contributed by atoms with Gasteiger partial charge in [0.2, 0.25) is 10.0 Å². The number of aromatic nitrogens is 3. The van der Waals surface area contributed by atoms with Crippen molar-refractivity contribution in [3.8, 4) is 0 Å². The van der Waals surface area contributed by atoms with Crippen LogP contribution >= 0.6 is 23.4 Å². The minimum atomic E-state index is -3.52. The summed E-state index contributed by atoms with van der Waals surface area (Å²) in [6, 6.07) is 6.12. The van der Waals surface area contributed by atoms with Crippen LogP contribution in [0.15, 0.2) is 34.3 Å². The molecule has 0 amide bonds. The number of thioether (sulfide) groups is 1. The van der Waals surface area contributed by atoms with Gasteiger partial charge in [0.05, 0.1) is 4.90 Å². The Morgan fingerprint density at radius 1 is 1.24 bits per heavy atom. The summed E-state index contributed by atoms with van der Waals surface area (Å²) in [6.07, 6.45) is 3.30. The van der Waals surface area contributed by atoms with Gasteiger partial charge in [-0.1, -0.05) is 37.2 Å². The summed E-state index contributed by atoms with van der Waals surface area (Å²) < 4.78 is 29.2. The number of halogens is 1. The molecule has 0 unspecified atom stereocenters. The van der Waals surface area contributed by atoms with Crippen molar-refractivity contribution in [2.24, 2.45) is 5.92 Å². The van der Waals surface area contributed by atoms with Crippen LogP contribution in [0.1, 0.15) is 26.1 Å². The lowest BCUT2D eigenvalue weighted by atomic mass is 10.2. The molecule has 1 N–H and O–H groups in total. The lowest BCUT2D eigenvalue weighted by molar-refractivity contribution is 0.477. The highest BCUT2D eigenvalue weighted by atomic mass is 35.5. The molecule has 0 saturated carbocycles. The van der Waals surface area contributed by atoms with Crippen molar-refractivity contribution >= 4 is 33.4 Å². The van der Waals surface area contributed by atoms with Crippen molar-refractivity contribution in [3.05, 3.63) is 35.1 Å². The van der Waals surface area contributed by atoms with E-state index >= 15 is 0 Å². The first-order valence-electron chi connectivity index (χ1n) is 8.05. The van der Waals surface area contributed by atoms with Gasteiger partial charge in [0.1, 0.15) is 5.82 Å². The normalized spacial score (nSPS) is 12.0. The predicted molar refractivity (Wildman–Crippen MR) is 102 cm³/mol. The lowest BCUT2D eigenvalue weighted by Gasteiger charge is -2.12. The monoisotopic (exact) mass is 402 g/mol. The van der Waals surface area contributed by atoms with Gasteiger partial charge in [-0.05, 0) is 42.9 Å². The van der Waals surface area contributed by atoms with Crippen LogP contribution in [-0.2, 0) is 23.0 Å². The van der Waals surface area contributed by atoms with E-state index in [0.29, 0.717) is 30.3 Å². The number of aryl methyl sites for hydroxylation is 1. The van der Waals surface area contributed by atoms with E-state index in [4.69, 9.17) is 11.6 Å². The molecule has 1 aromatic carbocycles. The molecular weight excluding hydrogens is 380 g/mol. The predicted octanol–water partition coefficient (Wildman–Crippen LogP) is 3.22. The second-order valence-corrected chi connectivity index (χ2v) is 9.04. The van der Waals surface area contributed by atoms with Crippen molar-refractivity contribution in [2.45, 2.75) is 43.3 Å². The van der Waals surface area contributed by atoms with E-state index in [0.717, 1.165) is 17.5 Å². The summed E-state index contributed by atoms with van der Waals surface area (Å²) in [5, 5.41) is 9.84. The van der Waals surface area contributed by atoms with Gasteiger partial charge in [0, 0.05) is 24.5 Å². The third-order valence-electron chi connectivity index (χ3n) is 3.52. The summed E-state index contributed by atoms with van der Waals surface area (Å²) in [6.45, 7) is 5.49. The Hall–Kier alpha value is -1.09. The largest absolute Gasteiger partial charge is 0.306 e. The summed E-state index contributed by atoms with van der Waals surface area (Å²) in [7, 11) is -3.52. The minimum absolute atomic E-state index is 0.213. The highest BCUT2D eigenvalue weighted by Crippen LogP contribution is 2.17. The molecule has 138 valence electrons. The minimum Gasteiger partial charge on any atom is -0.306 e. The van der Waals surface area contributed by atoms with Crippen LogP contribution in [0.3, 0.4) is 0 Å². The summed E-state index contributed by atoms with van der Waals surface area (Å²) in [5.74, 6) is 1.38. The molecular formula is C16H23ClN4O2S2. The highest BCUT2D eigenvalue weighted by Gasteiger charge is 2.15. The third-order valence-corrected chi connectivity index (χ3v) is 5.91. The van der Waals surface area contributed by atoms with E-state index in [-0.39, 0.29) is 4.90 Å². The van der Waals surface area contributed by atoms with Gasteiger partial charge in [-0.2, -0.15) is 0 Å². The number of benzene rings is 1. The van der Waals surface area contributed by atoms with Gasteiger partial charge >= 0.3 is 0 Å². The molecule has 0 bridgehead atoms. The van der Waals surface area contributed by atoms with E-state index in [9.17, 15) is 8.42 Å². The van der Waals surface area contributed by atoms with E-state index in [1.807, 2.05) is 6.26 Å². The van der Waals surface area contributed by atoms with Crippen molar-refractivity contribution in [3.63, 3.8) is 0 Å². The Morgan fingerprint density at radius 2 is 1.92 bits per heavy atom. The average Bonchev–Trinajstić information content (AvgIpc) is 2.93. The standard InChI is InChI=1S/C16H23ClN4O2S2/c1-12(2)11-21-15(19-20-16(21)24-3)5-4-10-18-25(22,23)14-8-6-13(17)7-9-14/h6-9,12,18H,4-5,10-11H2,1-3H3. The summed E-state index contributed by atoms with van der Waals surface area (Å²) in [4.78, 5) is 0.213. The molecule has 2 rings (SSSR count). The maximum atomic E-state index is 12.2. The van der Waals surface area contributed by atoms with Crippen LogP contribution in [0.2, 0.25) is 5.02 Å². The van der Waals surface area contributed by atoms with Crippen LogP contribution in [-0.4, -0.2) is 36.0 Å². The van der Waals surface area contributed by atoms with E-state index in [1.165, 1.54) is 12.1 Å². The average molecular weight is 403 g/mol. The molecule has 9 heteroatoms. The molecule has 0 fully saturated rings. The summed E-state index contributed by atoms with van der Waals surface area (Å²) >= 11 is 7.36. The van der Waals surface area contributed by atoms with E-state index < -0.39 is 10.0 Å². The van der Waals surface area contributed by atoms with Crippen molar-refractivity contribution in [2.75, 3.05) is 12.8 Å². The van der Waals surface area contributed by atoms with Crippen molar-refractivity contribution < 1.29 is 8.42 Å². The molecule has 6 nitrogen and oxygen atoms in total. The van der Waals surface area contributed by atoms with Crippen LogP contribution in [0.5, 0.6) is 0 Å². The van der Waals surface area contributed by atoms with Gasteiger partial charge < -0.3 is 4.57 Å². The van der Waals surface area contributed by atoms with Gasteiger partial charge in [-0.3, -0.25) is 0 Å². The SMILES string of the molecule is CSc1nnc(CCCNS(=O)(=O)c2ccc(Cl)cc2)n1CC(C)C. The maximum Gasteiger partial charge on any atom is 0.240 e. The number of hydrogen-bond acceptors (Lipinski definition) is 5. The molecule has 1 aromatic heterocycles. The zero-order valence-corrected chi connectivity index (χ0v) is 17.0. The molecule has 0 aliphatic heterocycles. The Bertz CT molecular complexity index is 789. The Kier molecular flexibility index (Phi) is 7.30. The van der Waals surface area contributed by atoms with Crippen LogP contribution < -0.4 is 4.72 Å². The van der Waals surface area contributed by atoms with E-state index in [2.05, 4.69) is 33.3 Å². The first-order chi connectivity index (χ1) is 11.8. The zero-order chi connectivity index (χ0) is 18.4. The number of sulfonamides is 1. The van der Waals surface area contributed by atoms with Crippen LogP contribution in [0, 0.1) is 5.92 Å². The van der Waals surface area contributed by atoms with Crippen molar-refractivity contribution in [1.82, 2.24) is 19.5 Å². The second kappa shape index (κ2) is 9.02. The first-order valence-corrected chi connectivity index (χ1v) is 11.1. The number of nitrogens with one attached hydrogen (secondary N) is 1. The Morgan fingerprint density at radius 3 is 2.52 bits per heavy atom. The molecule has 0 aliphatic rings. The van der Waals surface area contributed by atoms with E-state index in [1.54, 1.807) is 23.9 Å². The fourth-order valence-corrected chi connectivity index (χ4v) is 4.08. The fourth-order valence-electron chi connectivity index (χ4n) is 2.35. The maximum absolute atomic E-state index is 12.2. The topological polar surface area (TPSA) is 76.9 Å². The molecule has 0 aliphatic carbocycles. The fraction of sp³-hybridized carbons (Fsp3) is 0.500. The quantitative estimate of drug-likeness (QED) is 0.514. The lowest BCUT2D eigenvalue weighted by Crippen LogP contribution is -2.25. The van der Waals surface area contributed by atoms with Gasteiger partial charge in [0.25, 0.3) is 0 Å². The summed E-state index contributed by atoms with van der Waals surface area (Å²) in [5.41, 5.74) is 0. The number of nitrogens with zero attached hydrogens (tertiary/aromatic N) is 3. The molecule has 0 saturated heterocycles. The van der Waals surface area contributed by atoms with Crippen LogP contribution in [0.4, 0.5) is 0 Å². The third kappa shape index (κ3) is 5.70. The molecule has 1 heterocycles. The molecule has 0 atom stereocenters.